The molecule has 1 aromatic heterocycles. The number of sulfonamides is 1. The van der Waals surface area contributed by atoms with Crippen LogP contribution in [0.1, 0.15) is 18.2 Å². The van der Waals surface area contributed by atoms with Crippen molar-refractivity contribution in [1.29, 1.82) is 0 Å². The highest BCUT2D eigenvalue weighted by Gasteiger charge is 2.49. The quantitative estimate of drug-likeness (QED) is 0.718. The molecule has 1 aliphatic heterocycles. The van der Waals surface area contributed by atoms with Crippen molar-refractivity contribution in [1.82, 2.24) is 4.72 Å². The van der Waals surface area contributed by atoms with E-state index in [0.717, 1.165) is 0 Å². The van der Waals surface area contributed by atoms with Crippen molar-refractivity contribution < 1.29 is 23.1 Å². The Bertz CT molecular complexity index is 668. The smallest absolute Gasteiger partial charge is 0.251 e. The molecule has 2 heterocycles. The molecule has 0 spiro atoms. The van der Waals surface area contributed by atoms with E-state index >= 15 is 0 Å². The second-order valence-electron chi connectivity index (χ2n) is 4.58. The number of aliphatic hydroxyl groups excluding tert-OH is 1. The fourth-order valence-electron chi connectivity index (χ4n) is 1.85. The maximum Gasteiger partial charge on any atom is 0.251 e. The van der Waals surface area contributed by atoms with Gasteiger partial charge in [0.25, 0.3) is 5.78 Å². The number of carbonyl (C=O) groups excluding carboxylic acids is 1. The van der Waals surface area contributed by atoms with Gasteiger partial charge in [0.05, 0.1) is 10.6 Å². The number of ketones is 1. The van der Waals surface area contributed by atoms with Gasteiger partial charge in [-0.25, -0.2) is 8.42 Å². The first kappa shape index (κ1) is 16.3. The standard InChI is InChI=1S/C12H14BrNO5S2/c1-12(8-4-2-6-20-8)10(16)9(15)11(19-12)14-21(17,18)7-3-5-13/h2,4,6,14-15H,3,5,7H2,1H3. The lowest BCUT2D eigenvalue weighted by Gasteiger charge is -2.21. The van der Waals surface area contributed by atoms with Gasteiger partial charge in [0, 0.05) is 5.33 Å². The molecule has 0 radical (unpaired) electrons. The number of nitrogens with one attached hydrogen (secondary N) is 1. The molecule has 0 fully saturated rings. The van der Waals surface area contributed by atoms with E-state index in [-0.39, 0.29) is 5.75 Å². The van der Waals surface area contributed by atoms with Gasteiger partial charge >= 0.3 is 0 Å². The second-order valence-corrected chi connectivity index (χ2v) is 8.17. The monoisotopic (exact) mass is 395 g/mol. The predicted molar refractivity (Wildman–Crippen MR) is 82.8 cm³/mol. The Hall–Kier alpha value is -1.06. The summed E-state index contributed by atoms with van der Waals surface area (Å²) in [5.74, 6) is -1.91. The minimum absolute atomic E-state index is 0.137. The van der Waals surface area contributed by atoms with Crippen molar-refractivity contribution in [2.45, 2.75) is 18.9 Å². The summed E-state index contributed by atoms with van der Waals surface area (Å²) in [6.07, 6.45) is 0.402. The minimum atomic E-state index is -3.67. The molecule has 1 aromatic rings. The van der Waals surface area contributed by atoms with Gasteiger partial charge < -0.3 is 9.84 Å². The van der Waals surface area contributed by atoms with Crippen molar-refractivity contribution in [3.63, 3.8) is 0 Å². The summed E-state index contributed by atoms with van der Waals surface area (Å²) in [4.78, 5) is 12.8. The normalized spacial score (nSPS) is 22.5. The number of ether oxygens (including phenoxy) is 1. The summed E-state index contributed by atoms with van der Waals surface area (Å²) in [6.45, 7) is 1.50. The largest absolute Gasteiger partial charge is 0.501 e. The molecule has 0 amide bonds. The Balaban J connectivity index is 2.21. The summed E-state index contributed by atoms with van der Waals surface area (Å²) < 4.78 is 31.2. The van der Waals surface area contributed by atoms with Gasteiger partial charge in [-0.3, -0.25) is 9.52 Å². The maximum absolute atomic E-state index is 12.2. The van der Waals surface area contributed by atoms with E-state index in [1.165, 1.54) is 18.3 Å². The lowest BCUT2D eigenvalue weighted by molar-refractivity contribution is -0.131. The number of halogens is 1. The lowest BCUT2D eigenvalue weighted by atomic mass is 9.99. The van der Waals surface area contributed by atoms with Crippen LogP contribution in [0.5, 0.6) is 0 Å². The molecule has 9 heteroatoms. The molecule has 0 saturated heterocycles. The van der Waals surface area contributed by atoms with Crippen LogP contribution in [0.4, 0.5) is 0 Å². The molecular formula is C12H14BrNO5S2. The van der Waals surface area contributed by atoms with Gasteiger partial charge in [0.1, 0.15) is 0 Å². The lowest BCUT2D eigenvalue weighted by Crippen LogP contribution is -2.32. The van der Waals surface area contributed by atoms with Crippen molar-refractivity contribution in [3.05, 3.63) is 34.0 Å². The van der Waals surface area contributed by atoms with Crippen molar-refractivity contribution >= 4 is 43.1 Å². The molecule has 21 heavy (non-hydrogen) atoms. The van der Waals surface area contributed by atoms with Gasteiger partial charge in [-0.1, -0.05) is 22.0 Å². The first-order valence-electron chi connectivity index (χ1n) is 6.07. The summed E-state index contributed by atoms with van der Waals surface area (Å²) >= 11 is 4.43. The van der Waals surface area contributed by atoms with Gasteiger partial charge in [-0.05, 0) is 24.8 Å². The topological polar surface area (TPSA) is 92.7 Å². The number of alkyl halides is 1. The first-order valence-corrected chi connectivity index (χ1v) is 9.73. The van der Waals surface area contributed by atoms with E-state index in [9.17, 15) is 18.3 Å². The fraction of sp³-hybridized carbons (Fsp3) is 0.417. The molecule has 1 unspecified atom stereocenters. The highest BCUT2D eigenvalue weighted by molar-refractivity contribution is 9.09. The van der Waals surface area contributed by atoms with E-state index in [1.54, 1.807) is 17.5 Å². The van der Waals surface area contributed by atoms with Crippen LogP contribution < -0.4 is 4.72 Å². The Morgan fingerprint density at radius 3 is 2.81 bits per heavy atom. The van der Waals surface area contributed by atoms with Crippen molar-refractivity contribution in [3.8, 4) is 0 Å². The van der Waals surface area contributed by atoms with Gasteiger partial charge in [-0.2, -0.15) is 0 Å². The van der Waals surface area contributed by atoms with E-state index in [2.05, 4.69) is 20.7 Å². The molecule has 116 valence electrons. The molecule has 2 rings (SSSR count). The van der Waals surface area contributed by atoms with Crippen LogP contribution in [0.25, 0.3) is 0 Å². The number of aliphatic hydroxyl groups is 1. The fourth-order valence-corrected chi connectivity index (χ4v) is 4.36. The van der Waals surface area contributed by atoms with E-state index < -0.39 is 33.0 Å². The summed E-state index contributed by atoms with van der Waals surface area (Å²) in [7, 11) is -3.67. The zero-order valence-electron chi connectivity index (χ0n) is 11.1. The molecular weight excluding hydrogens is 382 g/mol. The Morgan fingerprint density at radius 1 is 1.52 bits per heavy atom. The van der Waals surface area contributed by atoms with E-state index in [1.807, 2.05) is 0 Å². The number of hydrogen-bond acceptors (Lipinski definition) is 6. The Morgan fingerprint density at radius 2 is 2.24 bits per heavy atom. The molecule has 0 aromatic carbocycles. The van der Waals surface area contributed by atoms with E-state index in [0.29, 0.717) is 16.6 Å². The van der Waals surface area contributed by atoms with Gasteiger partial charge in [-0.15, -0.1) is 11.3 Å². The van der Waals surface area contributed by atoms with Crippen LogP contribution in [-0.4, -0.2) is 30.4 Å². The predicted octanol–water partition coefficient (Wildman–Crippen LogP) is 1.99. The zero-order chi connectivity index (χ0) is 15.7. The summed E-state index contributed by atoms with van der Waals surface area (Å²) in [6, 6.07) is 3.44. The highest BCUT2D eigenvalue weighted by atomic mass is 79.9. The van der Waals surface area contributed by atoms with Gasteiger partial charge in [0.2, 0.25) is 27.3 Å². The SMILES string of the molecule is CC1(c2cccs2)OC(NS(=O)(=O)CCCBr)=C(O)C1=O. The first-order chi connectivity index (χ1) is 9.80. The molecule has 0 bridgehead atoms. The molecule has 2 N–H and O–H groups in total. The maximum atomic E-state index is 12.2. The number of hydrogen-bond donors (Lipinski definition) is 2. The zero-order valence-corrected chi connectivity index (χ0v) is 14.3. The third kappa shape index (κ3) is 3.24. The molecule has 1 aliphatic rings. The molecule has 1 atom stereocenters. The highest BCUT2D eigenvalue weighted by Crippen LogP contribution is 2.39. The Kier molecular flexibility index (Phi) is 4.64. The minimum Gasteiger partial charge on any atom is -0.501 e. The molecule has 0 aliphatic carbocycles. The number of Topliss-reactive ketones (excluding diaryl/α,β-unsaturated/α-hetero) is 1. The van der Waals surface area contributed by atoms with E-state index in [4.69, 9.17) is 4.74 Å². The van der Waals surface area contributed by atoms with Crippen molar-refractivity contribution in [2.75, 3.05) is 11.1 Å². The Labute approximate surface area is 135 Å². The van der Waals surface area contributed by atoms with Crippen LogP contribution in [0.3, 0.4) is 0 Å². The van der Waals surface area contributed by atoms with Crippen LogP contribution in [0.2, 0.25) is 0 Å². The number of thiophene rings is 1. The van der Waals surface area contributed by atoms with Crippen LogP contribution in [0, 0.1) is 0 Å². The van der Waals surface area contributed by atoms with Crippen LogP contribution in [-0.2, 0) is 25.2 Å². The summed E-state index contributed by atoms with van der Waals surface area (Å²) in [5, 5.41) is 12.2. The second kappa shape index (κ2) is 5.98. The van der Waals surface area contributed by atoms with Crippen LogP contribution in [0.15, 0.2) is 29.2 Å². The van der Waals surface area contributed by atoms with Crippen molar-refractivity contribution in [2.24, 2.45) is 0 Å². The molecule has 6 nitrogen and oxygen atoms in total. The third-order valence-corrected chi connectivity index (χ3v) is 5.91. The number of carbonyl (C=O) groups is 1. The average Bonchev–Trinajstić information content (AvgIpc) is 3.02. The van der Waals surface area contributed by atoms with Crippen LogP contribution >= 0.6 is 27.3 Å². The number of rotatable bonds is 6. The molecule has 0 saturated carbocycles. The summed E-state index contributed by atoms with van der Waals surface area (Å²) in [5.41, 5.74) is -1.40. The average molecular weight is 396 g/mol. The van der Waals surface area contributed by atoms with Gasteiger partial charge in [0.15, 0.2) is 0 Å². The third-order valence-electron chi connectivity index (χ3n) is 2.96.